The van der Waals surface area contributed by atoms with Gasteiger partial charge in [0.2, 0.25) is 11.8 Å². The molecule has 7 heteroatoms. The average Bonchev–Trinajstić information content (AvgIpc) is 2.16. The summed E-state index contributed by atoms with van der Waals surface area (Å²) in [6.07, 6.45) is 1.18. The van der Waals surface area contributed by atoms with Crippen molar-refractivity contribution in [2.24, 2.45) is 0 Å². The Balaban J connectivity index is 3.10. The van der Waals surface area contributed by atoms with E-state index in [1.165, 1.54) is 6.20 Å². The lowest BCUT2D eigenvalue weighted by atomic mass is 10.3. The topological polar surface area (TPSA) is 93.0 Å². The number of hydrogen-bond acceptors (Lipinski definition) is 6. The summed E-state index contributed by atoms with van der Waals surface area (Å²) in [6, 6.07) is 0.0725. The van der Waals surface area contributed by atoms with Gasteiger partial charge in [-0.25, -0.2) is 4.98 Å². The lowest BCUT2D eigenvalue weighted by Crippen LogP contribution is -2.14. The second-order valence-corrected chi connectivity index (χ2v) is 3.23. The van der Waals surface area contributed by atoms with Gasteiger partial charge in [0.05, 0.1) is 4.92 Å². The quantitative estimate of drug-likeness (QED) is 0.575. The molecule has 82 valence electrons. The molecule has 0 aromatic carbocycles. The van der Waals surface area contributed by atoms with Gasteiger partial charge in [0, 0.05) is 13.1 Å². The molecule has 0 unspecified atom stereocenters. The molecule has 0 radical (unpaired) electrons. The smallest absolute Gasteiger partial charge is 0.329 e. The van der Waals surface area contributed by atoms with E-state index in [0.29, 0.717) is 5.95 Å². The van der Waals surface area contributed by atoms with Crippen molar-refractivity contribution in [3.05, 3.63) is 16.3 Å². The minimum absolute atomic E-state index is 0.0725. The molecule has 1 rings (SSSR count). The van der Waals surface area contributed by atoms with Crippen molar-refractivity contribution in [3.63, 3.8) is 0 Å². The van der Waals surface area contributed by atoms with Crippen LogP contribution in [0, 0.1) is 10.1 Å². The largest absolute Gasteiger partial charge is 0.362 e. The molecular weight excluding hydrogens is 198 g/mol. The van der Waals surface area contributed by atoms with E-state index in [9.17, 15) is 10.1 Å². The number of anilines is 2. The van der Waals surface area contributed by atoms with Crippen LogP contribution in [0.1, 0.15) is 13.8 Å². The number of nitrogens with one attached hydrogen (secondary N) is 2. The average molecular weight is 211 g/mol. The van der Waals surface area contributed by atoms with E-state index in [1.54, 1.807) is 7.05 Å². The maximum atomic E-state index is 10.7. The predicted molar refractivity (Wildman–Crippen MR) is 57.0 cm³/mol. The molecule has 0 aliphatic carbocycles. The van der Waals surface area contributed by atoms with Gasteiger partial charge in [-0.1, -0.05) is 0 Å². The third-order valence-electron chi connectivity index (χ3n) is 1.62. The standard InChI is InChI=1S/C8H13N5O2/c1-5(2)11-7-6(13(14)15)4-10-8(9-3)12-7/h4-5H,1-3H3,(H2,9,10,11,12). The molecule has 0 fully saturated rings. The van der Waals surface area contributed by atoms with Gasteiger partial charge in [0.1, 0.15) is 6.20 Å². The Labute approximate surface area is 87.1 Å². The van der Waals surface area contributed by atoms with E-state index in [0.717, 1.165) is 0 Å². The maximum absolute atomic E-state index is 10.7. The molecule has 0 saturated carbocycles. The SMILES string of the molecule is CNc1ncc([N+](=O)[O-])c(NC(C)C)n1. The van der Waals surface area contributed by atoms with E-state index in [4.69, 9.17) is 0 Å². The fraction of sp³-hybridized carbons (Fsp3) is 0.500. The molecule has 1 aromatic rings. The van der Waals surface area contributed by atoms with Crippen molar-refractivity contribution >= 4 is 17.5 Å². The lowest BCUT2D eigenvalue weighted by molar-refractivity contribution is -0.384. The van der Waals surface area contributed by atoms with Crippen LogP contribution in [0.15, 0.2) is 6.20 Å². The second kappa shape index (κ2) is 4.54. The summed E-state index contributed by atoms with van der Waals surface area (Å²) in [5.41, 5.74) is -0.123. The van der Waals surface area contributed by atoms with Crippen LogP contribution in [0.4, 0.5) is 17.5 Å². The molecule has 0 saturated heterocycles. The fourth-order valence-corrected chi connectivity index (χ4v) is 1.01. The highest BCUT2D eigenvalue weighted by Crippen LogP contribution is 2.22. The van der Waals surface area contributed by atoms with Gasteiger partial charge in [0.25, 0.3) is 0 Å². The van der Waals surface area contributed by atoms with Crippen LogP contribution in [-0.2, 0) is 0 Å². The second-order valence-electron chi connectivity index (χ2n) is 3.23. The predicted octanol–water partition coefficient (Wildman–Crippen LogP) is 1.25. The van der Waals surface area contributed by atoms with E-state index in [1.807, 2.05) is 13.8 Å². The Morgan fingerprint density at radius 2 is 2.20 bits per heavy atom. The van der Waals surface area contributed by atoms with Crippen LogP contribution in [0.3, 0.4) is 0 Å². The zero-order valence-corrected chi connectivity index (χ0v) is 8.81. The number of aromatic nitrogens is 2. The van der Waals surface area contributed by atoms with E-state index < -0.39 is 4.92 Å². The number of nitrogens with zero attached hydrogens (tertiary/aromatic N) is 3. The summed E-state index contributed by atoms with van der Waals surface area (Å²) in [6.45, 7) is 3.76. The Bertz CT molecular complexity index is 366. The third kappa shape index (κ3) is 2.76. The highest BCUT2D eigenvalue weighted by atomic mass is 16.6. The molecule has 0 aliphatic heterocycles. The molecule has 1 aromatic heterocycles. The van der Waals surface area contributed by atoms with Crippen LogP contribution < -0.4 is 10.6 Å². The van der Waals surface area contributed by atoms with Gasteiger partial charge in [0.15, 0.2) is 0 Å². The summed E-state index contributed by atoms with van der Waals surface area (Å²) in [5, 5.41) is 16.3. The van der Waals surface area contributed by atoms with Crippen LogP contribution in [-0.4, -0.2) is 28.0 Å². The first kappa shape index (κ1) is 11.2. The normalized spacial score (nSPS) is 10.1. The Morgan fingerprint density at radius 3 is 2.67 bits per heavy atom. The Kier molecular flexibility index (Phi) is 3.37. The monoisotopic (exact) mass is 211 g/mol. The minimum atomic E-state index is -0.510. The Morgan fingerprint density at radius 1 is 1.53 bits per heavy atom. The Hall–Kier alpha value is -1.92. The molecule has 2 N–H and O–H groups in total. The molecule has 0 bridgehead atoms. The van der Waals surface area contributed by atoms with Crippen LogP contribution in [0.25, 0.3) is 0 Å². The van der Waals surface area contributed by atoms with Crippen molar-refractivity contribution in [2.75, 3.05) is 17.7 Å². The fourth-order valence-electron chi connectivity index (χ4n) is 1.01. The van der Waals surface area contributed by atoms with Gasteiger partial charge in [-0.15, -0.1) is 0 Å². The maximum Gasteiger partial charge on any atom is 0.329 e. The first-order valence-electron chi connectivity index (χ1n) is 4.50. The third-order valence-corrected chi connectivity index (χ3v) is 1.62. The highest BCUT2D eigenvalue weighted by Gasteiger charge is 2.17. The van der Waals surface area contributed by atoms with Crippen molar-refractivity contribution < 1.29 is 4.92 Å². The minimum Gasteiger partial charge on any atom is -0.362 e. The number of hydrogen-bond donors (Lipinski definition) is 2. The first-order valence-corrected chi connectivity index (χ1v) is 4.50. The van der Waals surface area contributed by atoms with Gasteiger partial charge < -0.3 is 10.6 Å². The van der Waals surface area contributed by atoms with Crippen molar-refractivity contribution in [1.29, 1.82) is 0 Å². The number of rotatable bonds is 4. The van der Waals surface area contributed by atoms with Gasteiger partial charge in [-0.2, -0.15) is 4.98 Å². The van der Waals surface area contributed by atoms with Crippen molar-refractivity contribution in [3.8, 4) is 0 Å². The molecule has 0 spiro atoms. The highest BCUT2D eigenvalue weighted by molar-refractivity contribution is 5.57. The molecule has 1 heterocycles. The molecule has 15 heavy (non-hydrogen) atoms. The number of nitro groups is 1. The lowest BCUT2D eigenvalue weighted by Gasteiger charge is -2.09. The van der Waals surface area contributed by atoms with E-state index in [-0.39, 0.29) is 17.5 Å². The molecule has 0 amide bonds. The molecular formula is C8H13N5O2. The molecule has 7 nitrogen and oxygen atoms in total. The van der Waals surface area contributed by atoms with Crippen molar-refractivity contribution in [2.45, 2.75) is 19.9 Å². The van der Waals surface area contributed by atoms with E-state index >= 15 is 0 Å². The summed E-state index contributed by atoms with van der Waals surface area (Å²) in [7, 11) is 1.65. The van der Waals surface area contributed by atoms with Gasteiger partial charge >= 0.3 is 5.69 Å². The molecule has 0 atom stereocenters. The summed E-state index contributed by atoms with van der Waals surface area (Å²) >= 11 is 0. The van der Waals surface area contributed by atoms with Crippen molar-refractivity contribution in [1.82, 2.24) is 9.97 Å². The van der Waals surface area contributed by atoms with E-state index in [2.05, 4.69) is 20.6 Å². The zero-order valence-electron chi connectivity index (χ0n) is 8.81. The summed E-state index contributed by atoms with van der Waals surface area (Å²) in [5.74, 6) is 0.582. The summed E-state index contributed by atoms with van der Waals surface area (Å²) in [4.78, 5) is 17.9. The molecule has 0 aliphatic rings. The van der Waals surface area contributed by atoms with Gasteiger partial charge in [-0.05, 0) is 13.8 Å². The summed E-state index contributed by atoms with van der Waals surface area (Å²) < 4.78 is 0. The van der Waals surface area contributed by atoms with Crippen LogP contribution >= 0.6 is 0 Å². The van der Waals surface area contributed by atoms with Gasteiger partial charge in [-0.3, -0.25) is 10.1 Å². The van der Waals surface area contributed by atoms with Crippen LogP contribution in [0.5, 0.6) is 0 Å². The van der Waals surface area contributed by atoms with Crippen LogP contribution in [0.2, 0.25) is 0 Å². The first-order chi connectivity index (χ1) is 7.04. The zero-order chi connectivity index (χ0) is 11.4.